The third kappa shape index (κ3) is 1.59. The SMILES string of the molecule is SC1CCCCC1S. The van der Waals surface area contributed by atoms with Gasteiger partial charge >= 0.3 is 0 Å². The van der Waals surface area contributed by atoms with Crippen LogP contribution in [0.25, 0.3) is 0 Å². The highest BCUT2D eigenvalue weighted by Crippen LogP contribution is 2.26. The Morgan fingerprint density at radius 1 is 0.875 bits per heavy atom. The van der Waals surface area contributed by atoms with Gasteiger partial charge in [0.2, 0.25) is 0 Å². The Balaban J connectivity index is 2.28. The summed E-state index contributed by atoms with van der Waals surface area (Å²) in [4.78, 5) is 0. The van der Waals surface area contributed by atoms with E-state index in [9.17, 15) is 0 Å². The van der Waals surface area contributed by atoms with E-state index in [-0.39, 0.29) is 0 Å². The topological polar surface area (TPSA) is 0 Å². The molecule has 0 aliphatic heterocycles. The summed E-state index contributed by atoms with van der Waals surface area (Å²) in [5.41, 5.74) is 0. The van der Waals surface area contributed by atoms with E-state index in [1.807, 2.05) is 0 Å². The first-order valence-corrected chi connectivity index (χ1v) is 4.20. The van der Waals surface area contributed by atoms with Gasteiger partial charge in [0.1, 0.15) is 0 Å². The van der Waals surface area contributed by atoms with Gasteiger partial charge in [-0.15, -0.1) is 0 Å². The van der Waals surface area contributed by atoms with E-state index in [1.165, 1.54) is 25.7 Å². The Kier molecular flexibility index (Phi) is 2.57. The molecule has 1 rings (SSSR count). The summed E-state index contributed by atoms with van der Waals surface area (Å²) in [6.07, 6.45) is 5.23. The molecule has 2 atom stereocenters. The molecule has 0 saturated heterocycles. The van der Waals surface area contributed by atoms with Gasteiger partial charge in [-0.1, -0.05) is 12.8 Å². The zero-order chi connectivity index (χ0) is 5.98. The molecule has 1 aliphatic rings. The summed E-state index contributed by atoms with van der Waals surface area (Å²) in [5, 5.41) is 1.12. The molecule has 48 valence electrons. The molecular weight excluding hydrogens is 136 g/mol. The molecule has 2 unspecified atom stereocenters. The number of thiol groups is 2. The standard InChI is InChI=1S/C6H12S2/c7-5-3-1-2-4-6(5)8/h5-8H,1-4H2. The van der Waals surface area contributed by atoms with Gasteiger partial charge in [0, 0.05) is 10.5 Å². The summed E-state index contributed by atoms with van der Waals surface area (Å²) >= 11 is 8.76. The largest absolute Gasteiger partial charge is 0.175 e. The lowest BCUT2D eigenvalue weighted by Crippen LogP contribution is -2.19. The summed E-state index contributed by atoms with van der Waals surface area (Å²) in [6, 6.07) is 0. The zero-order valence-electron chi connectivity index (χ0n) is 4.88. The highest BCUT2D eigenvalue weighted by atomic mass is 32.1. The highest BCUT2D eigenvalue weighted by Gasteiger charge is 2.17. The molecule has 0 aromatic rings. The molecular formula is C6H12S2. The predicted molar refractivity (Wildman–Crippen MR) is 44.0 cm³/mol. The van der Waals surface area contributed by atoms with Crippen LogP contribution < -0.4 is 0 Å². The molecule has 0 N–H and O–H groups in total. The zero-order valence-corrected chi connectivity index (χ0v) is 6.67. The summed E-state index contributed by atoms with van der Waals surface area (Å²) in [7, 11) is 0. The van der Waals surface area contributed by atoms with Crippen molar-refractivity contribution in [2.45, 2.75) is 36.2 Å². The van der Waals surface area contributed by atoms with Crippen molar-refractivity contribution in [2.24, 2.45) is 0 Å². The van der Waals surface area contributed by atoms with Crippen LogP contribution in [0.2, 0.25) is 0 Å². The molecule has 0 bridgehead atoms. The van der Waals surface area contributed by atoms with Crippen molar-refractivity contribution in [3.05, 3.63) is 0 Å². The van der Waals surface area contributed by atoms with Crippen molar-refractivity contribution >= 4 is 25.3 Å². The van der Waals surface area contributed by atoms with Crippen molar-refractivity contribution in [1.29, 1.82) is 0 Å². The molecule has 0 heterocycles. The van der Waals surface area contributed by atoms with Crippen LogP contribution in [0.15, 0.2) is 0 Å². The minimum atomic E-state index is 0.562. The Morgan fingerprint density at radius 2 is 1.25 bits per heavy atom. The van der Waals surface area contributed by atoms with Gasteiger partial charge in [-0.3, -0.25) is 0 Å². The molecule has 2 heteroatoms. The monoisotopic (exact) mass is 148 g/mol. The molecule has 0 nitrogen and oxygen atoms in total. The van der Waals surface area contributed by atoms with Gasteiger partial charge in [0.05, 0.1) is 0 Å². The molecule has 8 heavy (non-hydrogen) atoms. The van der Waals surface area contributed by atoms with E-state index in [0.717, 1.165) is 0 Å². The van der Waals surface area contributed by atoms with Gasteiger partial charge in [-0.25, -0.2) is 0 Å². The summed E-state index contributed by atoms with van der Waals surface area (Å²) in [5.74, 6) is 0. The maximum Gasteiger partial charge on any atom is 0.0133 e. The minimum absolute atomic E-state index is 0.562. The summed E-state index contributed by atoms with van der Waals surface area (Å²) < 4.78 is 0. The van der Waals surface area contributed by atoms with Crippen molar-refractivity contribution in [1.82, 2.24) is 0 Å². The van der Waals surface area contributed by atoms with Crippen molar-refractivity contribution in [2.75, 3.05) is 0 Å². The number of hydrogen-bond acceptors (Lipinski definition) is 2. The Bertz CT molecular complexity index is 62.9. The first-order chi connectivity index (χ1) is 3.80. The second kappa shape index (κ2) is 3.02. The van der Waals surface area contributed by atoms with Gasteiger partial charge in [0.25, 0.3) is 0 Å². The second-order valence-corrected chi connectivity index (χ2v) is 3.75. The van der Waals surface area contributed by atoms with Crippen LogP contribution in [0, 0.1) is 0 Å². The van der Waals surface area contributed by atoms with Crippen LogP contribution >= 0.6 is 25.3 Å². The normalized spacial score (nSPS) is 39.8. The van der Waals surface area contributed by atoms with Crippen LogP contribution in [-0.4, -0.2) is 10.5 Å². The Morgan fingerprint density at radius 3 is 1.50 bits per heavy atom. The lowest BCUT2D eigenvalue weighted by atomic mass is 10.00. The third-order valence-electron chi connectivity index (χ3n) is 1.69. The van der Waals surface area contributed by atoms with E-state index in [2.05, 4.69) is 25.3 Å². The van der Waals surface area contributed by atoms with Crippen molar-refractivity contribution in [3.8, 4) is 0 Å². The lowest BCUT2D eigenvalue weighted by molar-refractivity contribution is 0.532. The smallest absolute Gasteiger partial charge is 0.0133 e. The van der Waals surface area contributed by atoms with Crippen molar-refractivity contribution in [3.63, 3.8) is 0 Å². The molecule has 0 aromatic carbocycles. The minimum Gasteiger partial charge on any atom is -0.175 e. The second-order valence-electron chi connectivity index (χ2n) is 2.42. The maximum atomic E-state index is 4.38. The van der Waals surface area contributed by atoms with Crippen LogP contribution in [0.3, 0.4) is 0 Å². The fourth-order valence-corrected chi connectivity index (χ4v) is 1.76. The van der Waals surface area contributed by atoms with Gasteiger partial charge in [0.15, 0.2) is 0 Å². The van der Waals surface area contributed by atoms with E-state index in [1.54, 1.807) is 0 Å². The van der Waals surface area contributed by atoms with Gasteiger partial charge < -0.3 is 0 Å². The van der Waals surface area contributed by atoms with E-state index < -0.39 is 0 Å². The summed E-state index contributed by atoms with van der Waals surface area (Å²) in [6.45, 7) is 0. The molecule has 1 fully saturated rings. The van der Waals surface area contributed by atoms with E-state index >= 15 is 0 Å². The average molecular weight is 148 g/mol. The van der Waals surface area contributed by atoms with Crippen LogP contribution in [0.5, 0.6) is 0 Å². The van der Waals surface area contributed by atoms with E-state index in [4.69, 9.17) is 0 Å². The molecule has 1 aliphatic carbocycles. The van der Waals surface area contributed by atoms with Gasteiger partial charge in [-0.05, 0) is 12.8 Å². The first kappa shape index (κ1) is 6.81. The van der Waals surface area contributed by atoms with Crippen molar-refractivity contribution < 1.29 is 0 Å². The maximum absolute atomic E-state index is 4.38. The first-order valence-electron chi connectivity index (χ1n) is 3.17. The van der Waals surface area contributed by atoms with Gasteiger partial charge in [-0.2, -0.15) is 25.3 Å². The fourth-order valence-electron chi connectivity index (χ4n) is 1.09. The molecule has 0 spiro atoms. The molecule has 0 aromatic heterocycles. The average Bonchev–Trinajstić information content (AvgIpc) is 1.77. The Hall–Kier alpha value is 0.700. The third-order valence-corrected chi connectivity index (χ3v) is 3.17. The van der Waals surface area contributed by atoms with Crippen LogP contribution in [0.4, 0.5) is 0 Å². The van der Waals surface area contributed by atoms with E-state index in [0.29, 0.717) is 10.5 Å². The number of hydrogen-bond donors (Lipinski definition) is 2. The quantitative estimate of drug-likeness (QED) is 0.483. The van der Waals surface area contributed by atoms with Crippen LogP contribution in [0.1, 0.15) is 25.7 Å². The Labute approximate surface area is 61.9 Å². The lowest BCUT2D eigenvalue weighted by Gasteiger charge is -2.22. The molecule has 0 amide bonds. The predicted octanol–water partition coefficient (Wildman–Crippen LogP) is 2.16. The molecule has 0 radical (unpaired) electrons. The number of rotatable bonds is 0. The fraction of sp³-hybridized carbons (Fsp3) is 1.00. The molecule has 1 saturated carbocycles. The van der Waals surface area contributed by atoms with Crippen LogP contribution in [-0.2, 0) is 0 Å². The highest BCUT2D eigenvalue weighted by molar-refractivity contribution is 7.85.